The summed E-state index contributed by atoms with van der Waals surface area (Å²) in [6.45, 7) is 2.51. The number of unbranched alkanes of at least 4 members (excludes halogenated alkanes) is 7. The molecule has 0 fully saturated rings. The van der Waals surface area contributed by atoms with E-state index in [2.05, 4.69) is 11.6 Å². The number of halogens is 1. The Labute approximate surface area is 149 Å². The van der Waals surface area contributed by atoms with Gasteiger partial charge < -0.3 is 5.11 Å². The van der Waals surface area contributed by atoms with Crippen molar-refractivity contribution < 1.29 is 18.3 Å². The summed E-state index contributed by atoms with van der Waals surface area (Å²) in [7, 11) is -3.80. The van der Waals surface area contributed by atoms with E-state index in [9.17, 15) is 13.2 Å². The predicted octanol–water partition coefficient (Wildman–Crippen LogP) is 4.46. The zero-order valence-corrected chi connectivity index (χ0v) is 15.6. The summed E-state index contributed by atoms with van der Waals surface area (Å²) >= 11 is 5.90. The Hall–Kier alpha value is -1.11. The lowest BCUT2D eigenvalue weighted by Gasteiger charge is -2.09. The molecule has 1 aromatic carbocycles. The van der Waals surface area contributed by atoms with Crippen molar-refractivity contribution in [3.8, 4) is 0 Å². The molecule has 24 heavy (non-hydrogen) atoms. The number of nitrogens with one attached hydrogen (secondary N) is 1. The van der Waals surface area contributed by atoms with Gasteiger partial charge in [-0.1, -0.05) is 63.5 Å². The highest BCUT2D eigenvalue weighted by Gasteiger charge is 2.19. The van der Waals surface area contributed by atoms with E-state index in [1.54, 1.807) is 0 Å². The van der Waals surface area contributed by atoms with Crippen LogP contribution in [0, 0.1) is 0 Å². The molecule has 0 bridgehead atoms. The zero-order chi connectivity index (χ0) is 18.0. The average Bonchev–Trinajstić information content (AvgIpc) is 2.53. The minimum atomic E-state index is -3.80. The maximum absolute atomic E-state index is 12.2. The Bertz CT molecular complexity index is 631. The van der Waals surface area contributed by atoms with Crippen LogP contribution >= 0.6 is 11.6 Å². The zero-order valence-electron chi connectivity index (χ0n) is 14.1. The Morgan fingerprint density at radius 1 is 1.08 bits per heavy atom. The van der Waals surface area contributed by atoms with Gasteiger partial charge in [0.1, 0.15) is 4.90 Å². The third-order valence-corrected chi connectivity index (χ3v) is 5.73. The lowest BCUT2D eigenvalue weighted by Crippen LogP contribution is -2.25. The molecule has 0 radical (unpaired) electrons. The Morgan fingerprint density at radius 2 is 1.67 bits per heavy atom. The summed E-state index contributed by atoms with van der Waals surface area (Å²) in [6.07, 6.45) is 9.00. The van der Waals surface area contributed by atoms with E-state index in [0.29, 0.717) is 6.54 Å². The fourth-order valence-corrected chi connectivity index (χ4v) is 3.98. The van der Waals surface area contributed by atoms with Crippen molar-refractivity contribution in [3.63, 3.8) is 0 Å². The molecule has 0 aliphatic heterocycles. The molecule has 136 valence electrons. The highest BCUT2D eigenvalue weighted by Crippen LogP contribution is 2.22. The van der Waals surface area contributed by atoms with E-state index in [1.807, 2.05) is 0 Å². The van der Waals surface area contributed by atoms with Gasteiger partial charge in [-0.15, -0.1) is 0 Å². The van der Waals surface area contributed by atoms with Crippen LogP contribution in [0.25, 0.3) is 0 Å². The number of hydrogen-bond acceptors (Lipinski definition) is 3. The largest absolute Gasteiger partial charge is 0.478 e. The van der Waals surface area contributed by atoms with Crippen LogP contribution in [0.5, 0.6) is 0 Å². The summed E-state index contributed by atoms with van der Waals surface area (Å²) in [5.41, 5.74) is -0.105. The van der Waals surface area contributed by atoms with E-state index in [-0.39, 0.29) is 15.5 Å². The quantitative estimate of drug-likeness (QED) is 0.528. The van der Waals surface area contributed by atoms with Gasteiger partial charge in [-0.2, -0.15) is 0 Å². The Morgan fingerprint density at radius 3 is 2.25 bits per heavy atom. The molecule has 0 heterocycles. The van der Waals surface area contributed by atoms with Crippen molar-refractivity contribution in [1.82, 2.24) is 4.72 Å². The summed E-state index contributed by atoms with van der Waals surface area (Å²) in [5.74, 6) is -1.19. The van der Waals surface area contributed by atoms with Gasteiger partial charge in [-0.3, -0.25) is 0 Å². The molecular weight excluding hydrogens is 350 g/mol. The molecule has 0 aliphatic carbocycles. The smallest absolute Gasteiger partial charge is 0.335 e. The molecule has 0 saturated heterocycles. The third-order valence-electron chi connectivity index (χ3n) is 3.79. The molecule has 7 heteroatoms. The van der Waals surface area contributed by atoms with Crippen molar-refractivity contribution in [2.75, 3.05) is 6.54 Å². The van der Waals surface area contributed by atoms with Crippen molar-refractivity contribution >= 4 is 27.6 Å². The number of rotatable bonds is 12. The number of carboxylic acid groups (broad SMARTS) is 1. The fourth-order valence-electron chi connectivity index (χ4n) is 2.39. The first-order chi connectivity index (χ1) is 11.4. The van der Waals surface area contributed by atoms with Crippen molar-refractivity contribution in [1.29, 1.82) is 0 Å². The summed E-state index contributed by atoms with van der Waals surface area (Å²) in [6, 6.07) is 3.65. The highest BCUT2D eigenvalue weighted by atomic mass is 35.5. The fraction of sp³-hybridized carbons (Fsp3) is 0.588. The Balaban J connectivity index is 2.42. The normalized spacial score (nSPS) is 11.6. The standard InChI is InChI=1S/C17H26ClNO4S/c1-2-3-4-5-6-7-8-9-12-19-24(22,23)16-13-14(17(20)21)10-11-15(16)18/h10-11,13,19H,2-9,12H2,1H3,(H,20,21). The number of aromatic carboxylic acids is 1. The topological polar surface area (TPSA) is 83.5 Å². The summed E-state index contributed by atoms with van der Waals surface area (Å²) < 4.78 is 27.0. The Kier molecular flexibility index (Phi) is 9.33. The van der Waals surface area contributed by atoms with E-state index in [0.717, 1.165) is 25.3 Å². The number of benzene rings is 1. The molecule has 0 amide bonds. The average molecular weight is 376 g/mol. The number of carbonyl (C=O) groups is 1. The second kappa shape index (κ2) is 10.7. The van der Waals surface area contributed by atoms with Crippen molar-refractivity contribution in [2.24, 2.45) is 0 Å². The van der Waals surface area contributed by atoms with Gasteiger partial charge in [-0.25, -0.2) is 17.9 Å². The van der Waals surface area contributed by atoms with Crippen LogP contribution < -0.4 is 4.72 Å². The minimum absolute atomic E-state index is 0.0171. The molecule has 0 aromatic heterocycles. The van der Waals surface area contributed by atoms with Gasteiger partial charge in [-0.05, 0) is 24.6 Å². The monoisotopic (exact) mass is 375 g/mol. The molecule has 0 unspecified atom stereocenters. The molecule has 5 nitrogen and oxygen atoms in total. The molecule has 0 saturated carbocycles. The minimum Gasteiger partial charge on any atom is -0.478 e. The van der Waals surface area contributed by atoms with E-state index >= 15 is 0 Å². The number of carboxylic acids is 1. The lowest BCUT2D eigenvalue weighted by molar-refractivity contribution is 0.0696. The first-order valence-electron chi connectivity index (χ1n) is 8.41. The van der Waals surface area contributed by atoms with Gasteiger partial charge in [0, 0.05) is 6.54 Å². The second-order valence-electron chi connectivity index (χ2n) is 5.82. The molecule has 0 spiro atoms. The third kappa shape index (κ3) is 7.20. The van der Waals surface area contributed by atoms with Crippen LogP contribution in [0.15, 0.2) is 23.1 Å². The summed E-state index contributed by atoms with van der Waals surface area (Å²) in [4.78, 5) is 10.8. The van der Waals surface area contributed by atoms with Crippen LogP contribution in [-0.2, 0) is 10.0 Å². The number of sulfonamides is 1. The molecule has 0 atom stereocenters. The molecule has 0 aliphatic rings. The molecular formula is C17H26ClNO4S. The van der Waals surface area contributed by atoms with Crippen LogP contribution in [-0.4, -0.2) is 26.0 Å². The first-order valence-corrected chi connectivity index (χ1v) is 10.3. The number of hydrogen-bond donors (Lipinski definition) is 2. The van der Waals surface area contributed by atoms with E-state index in [4.69, 9.17) is 16.7 Å². The van der Waals surface area contributed by atoms with E-state index < -0.39 is 16.0 Å². The predicted molar refractivity (Wildman–Crippen MR) is 96.2 cm³/mol. The van der Waals surface area contributed by atoms with Gasteiger partial charge >= 0.3 is 5.97 Å². The van der Waals surface area contributed by atoms with Crippen LogP contribution in [0.1, 0.15) is 68.6 Å². The van der Waals surface area contributed by atoms with E-state index in [1.165, 1.54) is 44.2 Å². The lowest BCUT2D eigenvalue weighted by atomic mass is 10.1. The molecule has 1 rings (SSSR count). The van der Waals surface area contributed by atoms with Crippen LogP contribution in [0.2, 0.25) is 5.02 Å². The van der Waals surface area contributed by atoms with Crippen LogP contribution in [0.4, 0.5) is 0 Å². The van der Waals surface area contributed by atoms with Crippen molar-refractivity contribution in [3.05, 3.63) is 28.8 Å². The van der Waals surface area contributed by atoms with Crippen molar-refractivity contribution in [2.45, 2.75) is 63.2 Å². The van der Waals surface area contributed by atoms with Gasteiger partial charge in [0.05, 0.1) is 10.6 Å². The molecule has 1 aromatic rings. The van der Waals surface area contributed by atoms with Gasteiger partial charge in [0.2, 0.25) is 10.0 Å². The maximum atomic E-state index is 12.2. The second-order valence-corrected chi connectivity index (χ2v) is 7.97. The maximum Gasteiger partial charge on any atom is 0.335 e. The van der Waals surface area contributed by atoms with Gasteiger partial charge in [0.15, 0.2) is 0 Å². The summed E-state index contributed by atoms with van der Waals surface area (Å²) in [5, 5.41) is 8.98. The van der Waals surface area contributed by atoms with Gasteiger partial charge in [0.25, 0.3) is 0 Å². The van der Waals surface area contributed by atoms with Crippen LogP contribution in [0.3, 0.4) is 0 Å². The molecule has 2 N–H and O–H groups in total. The highest BCUT2D eigenvalue weighted by molar-refractivity contribution is 7.89. The first kappa shape index (κ1) is 20.9. The SMILES string of the molecule is CCCCCCCCCCNS(=O)(=O)c1cc(C(=O)O)ccc1Cl.